The van der Waals surface area contributed by atoms with Crippen molar-refractivity contribution in [2.75, 3.05) is 27.9 Å². The van der Waals surface area contributed by atoms with Crippen LogP contribution < -0.4 is 18.9 Å². The molecule has 9 nitrogen and oxygen atoms in total. The van der Waals surface area contributed by atoms with Crippen LogP contribution in [-0.4, -0.2) is 56.2 Å². The Labute approximate surface area is 263 Å². The van der Waals surface area contributed by atoms with Gasteiger partial charge in [-0.05, 0) is 24.1 Å². The molecule has 10 heteroatoms. The van der Waals surface area contributed by atoms with Gasteiger partial charge in [0.2, 0.25) is 11.4 Å². The highest BCUT2D eigenvalue weighted by Crippen LogP contribution is 2.55. The standard InChI is InChI=1S/C34H41ClO9/c1-6-7-8-9-10-11-16-43-22-14-12-21(13-15-22)23(18-27(37)42-5)28-24(36)17-20(2)34(32(28)38)33(39)29-25(40-3)19-26(41-4)30(35)31(29)44-34/h12-15,19-20,23,38H,6-11,16-18H2,1-5H3/t20-,23-,34+/m1/s1. The molecule has 2 aromatic rings. The molecule has 3 atom stereocenters. The van der Waals surface area contributed by atoms with E-state index in [4.69, 9.17) is 35.3 Å². The molecule has 0 amide bonds. The van der Waals surface area contributed by atoms with E-state index in [1.807, 2.05) is 0 Å². The first-order valence-electron chi connectivity index (χ1n) is 15.1. The molecule has 1 aliphatic heterocycles. The summed E-state index contributed by atoms with van der Waals surface area (Å²) in [5.41, 5.74) is -1.43. The molecule has 0 saturated heterocycles. The van der Waals surface area contributed by atoms with Crippen molar-refractivity contribution in [2.45, 2.75) is 76.7 Å². The lowest BCUT2D eigenvalue weighted by Gasteiger charge is -2.38. The molecule has 2 aliphatic rings. The molecule has 0 aromatic heterocycles. The van der Waals surface area contributed by atoms with Crippen LogP contribution in [0.15, 0.2) is 41.7 Å². The number of methoxy groups -OCH3 is 3. The fraction of sp³-hybridized carbons (Fsp3) is 0.500. The number of allylic oxidation sites excluding steroid dienone is 1. The summed E-state index contributed by atoms with van der Waals surface area (Å²) in [6.45, 7) is 4.42. The number of Topliss-reactive ketones (excluding diaryl/α,β-unsaturated/α-hetero) is 2. The van der Waals surface area contributed by atoms with E-state index in [1.165, 1.54) is 53.1 Å². The average Bonchev–Trinajstić information content (AvgIpc) is 3.34. The van der Waals surface area contributed by atoms with Crippen molar-refractivity contribution in [3.8, 4) is 23.0 Å². The maximum atomic E-state index is 14.1. The lowest BCUT2D eigenvalue weighted by molar-refractivity contribution is -0.140. The molecule has 238 valence electrons. The molecule has 0 radical (unpaired) electrons. The second kappa shape index (κ2) is 14.4. The third kappa shape index (κ3) is 6.25. The van der Waals surface area contributed by atoms with Gasteiger partial charge in [-0.25, -0.2) is 0 Å². The van der Waals surface area contributed by atoms with Gasteiger partial charge < -0.3 is 28.8 Å². The van der Waals surface area contributed by atoms with Gasteiger partial charge in [0.25, 0.3) is 0 Å². The summed E-state index contributed by atoms with van der Waals surface area (Å²) in [5.74, 6) is -2.80. The van der Waals surface area contributed by atoms with Crippen molar-refractivity contribution in [3.63, 3.8) is 0 Å². The Morgan fingerprint density at radius 3 is 2.34 bits per heavy atom. The zero-order chi connectivity index (χ0) is 32.0. The molecular formula is C34H41ClO9. The zero-order valence-corrected chi connectivity index (χ0v) is 26.8. The van der Waals surface area contributed by atoms with E-state index in [-0.39, 0.29) is 46.2 Å². The number of esters is 1. The van der Waals surface area contributed by atoms with Crippen molar-refractivity contribution in [1.82, 2.24) is 0 Å². The van der Waals surface area contributed by atoms with Gasteiger partial charge in [0.15, 0.2) is 17.3 Å². The molecule has 1 heterocycles. The number of ether oxygens (including phenoxy) is 5. The number of fused-ring (bicyclic) bond motifs is 1. The highest BCUT2D eigenvalue weighted by atomic mass is 35.5. The van der Waals surface area contributed by atoms with Gasteiger partial charge in [-0.15, -0.1) is 0 Å². The summed E-state index contributed by atoms with van der Waals surface area (Å²) in [6, 6.07) is 8.50. The van der Waals surface area contributed by atoms with Gasteiger partial charge in [-0.2, -0.15) is 0 Å². The molecule has 2 aromatic carbocycles. The summed E-state index contributed by atoms with van der Waals surface area (Å²) in [5, 5.41) is 11.9. The monoisotopic (exact) mass is 628 g/mol. The summed E-state index contributed by atoms with van der Waals surface area (Å²) in [7, 11) is 4.06. The highest BCUT2D eigenvalue weighted by Gasteiger charge is 2.61. The molecule has 44 heavy (non-hydrogen) atoms. The maximum Gasteiger partial charge on any atom is 0.306 e. The lowest BCUT2D eigenvalue weighted by Crippen LogP contribution is -2.53. The molecule has 1 spiro atoms. The van der Waals surface area contributed by atoms with Gasteiger partial charge in [0, 0.05) is 29.9 Å². The predicted octanol–water partition coefficient (Wildman–Crippen LogP) is 7.18. The fourth-order valence-electron chi connectivity index (χ4n) is 6.04. The Kier molecular flexibility index (Phi) is 10.8. The van der Waals surface area contributed by atoms with Crippen LogP contribution in [0.2, 0.25) is 5.02 Å². The minimum Gasteiger partial charge on any atom is -0.507 e. The quantitative estimate of drug-likeness (QED) is 0.171. The number of hydrogen-bond acceptors (Lipinski definition) is 9. The van der Waals surface area contributed by atoms with Crippen LogP contribution in [0.1, 0.15) is 87.1 Å². The van der Waals surface area contributed by atoms with E-state index < -0.39 is 40.7 Å². The summed E-state index contributed by atoms with van der Waals surface area (Å²) >= 11 is 6.55. The number of benzene rings is 2. The van der Waals surface area contributed by atoms with Crippen LogP contribution in [0.3, 0.4) is 0 Å². The Hall–Kier alpha value is -3.72. The number of aliphatic hydroxyl groups excluding tert-OH is 1. The number of ketones is 2. The van der Waals surface area contributed by atoms with Crippen LogP contribution >= 0.6 is 11.6 Å². The van der Waals surface area contributed by atoms with E-state index in [2.05, 4.69) is 6.92 Å². The first-order chi connectivity index (χ1) is 21.1. The van der Waals surface area contributed by atoms with Gasteiger partial charge >= 0.3 is 5.97 Å². The van der Waals surface area contributed by atoms with Crippen LogP contribution in [0.4, 0.5) is 0 Å². The van der Waals surface area contributed by atoms with Gasteiger partial charge in [-0.1, -0.05) is 69.7 Å². The predicted molar refractivity (Wildman–Crippen MR) is 165 cm³/mol. The Morgan fingerprint density at radius 2 is 1.70 bits per heavy atom. The molecule has 1 aliphatic carbocycles. The summed E-state index contributed by atoms with van der Waals surface area (Å²) in [4.78, 5) is 40.4. The lowest BCUT2D eigenvalue weighted by atomic mass is 9.69. The van der Waals surface area contributed by atoms with E-state index in [0.717, 1.165) is 12.8 Å². The topological polar surface area (TPSA) is 118 Å². The third-order valence-electron chi connectivity index (χ3n) is 8.51. The second-order valence-electron chi connectivity index (χ2n) is 11.3. The maximum absolute atomic E-state index is 14.1. The molecule has 1 N–H and O–H groups in total. The molecule has 4 rings (SSSR count). The van der Waals surface area contributed by atoms with Crippen molar-refractivity contribution >= 4 is 29.1 Å². The van der Waals surface area contributed by atoms with Crippen LogP contribution in [0.5, 0.6) is 23.0 Å². The number of unbranched alkanes of at least 4 members (excludes halogenated alkanes) is 5. The Morgan fingerprint density at radius 1 is 1.05 bits per heavy atom. The van der Waals surface area contributed by atoms with E-state index in [9.17, 15) is 19.5 Å². The molecule has 0 bridgehead atoms. The van der Waals surface area contributed by atoms with Crippen molar-refractivity contribution in [1.29, 1.82) is 0 Å². The van der Waals surface area contributed by atoms with Crippen molar-refractivity contribution in [3.05, 3.63) is 57.8 Å². The SMILES string of the molecule is CCCCCCCCOc1ccc([C@@H](CC(=O)OC)C2=C(O)[C@@]3(Oc4c(Cl)c(OC)cc(OC)c4C3=O)[C@H](C)CC2=O)cc1. The molecular weight excluding hydrogens is 588 g/mol. The highest BCUT2D eigenvalue weighted by molar-refractivity contribution is 6.35. The Bertz CT molecular complexity index is 1410. The number of carbonyl (C=O) groups is 3. The minimum absolute atomic E-state index is 0.00338. The number of carbonyl (C=O) groups excluding carboxylic acids is 3. The number of halogens is 1. The van der Waals surface area contributed by atoms with Crippen LogP contribution in [0, 0.1) is 5.92 Å². The van der Waals surface area contributed by atoms with Crippen molar-refractivity contribution < 1.29 is 43.2 Å². The second-order valence-corrected chi connectivity index (χ2v) is 11.7. The largest absolute Gasteiger partial charge is 0.507 e. The van der Waals surface area contributed by atoms with Gasteiger partial charge in [-0.3, -0.25) is 14.4 Å². The van der Waals surface area contributed by atoms with Crippen LogP contribution in [0.25, 0.3) is 0 Å². The smallest absolute Gasteiger partial charge is 0.306 e. The van der Waals surface area contributed by atoms with E-state index >= 15 is 0 Å². The first-order valence-corrected chi connectivity index (χ1v) is 15.5. The number of hydrogen-bond donors (Lipinski definition) is 1. The zero-order valence-electron chi connectivity index (χ0n) is 26.0. The molecule has 0 unspecified atom stereocenters. The Balaban J connectivity index is 1.70. The van der Waals surface area contributed by atoms with Crippen LogP contribution in [-0.2, 0) is 14.3 Å². The third-order valence-corrected chi connectivity index (χ3v) is 8.87. The summed E-state index contributed by atoms with van der Waals surface area (Å²) in [6.07, 6.45) is 6.54. The average molecular weight is 629 g/mol. The number of aliphatic hydroxyl groups is 1. The molecule has 0 fully saturated rings. The molecule has 0 saturated carbocycles. The van der Waals surface area contributed by atoms with Crippen molar-refractivity contribution in [2.24, 2.45) is 5.92 Å². The minimum atomic E-state index is -1.95. The number of rotatable bonds is 14. The fourth-order valence-corrected chi connectivity index (χ4v) is 6.31. The van der Waals surface area contributed by atoms with E-state index in [1.54, 1.807) is 31.2 Å². The van der Waals surface area contributed by atoms with Gasteiger partial charge in [0.05, 0.1) is 34.4 Å². The summed E-state index contributed by atoms with van der Waals surface area (Å²) < 4.78 is 27.9. The first kappa shape index (κ1) is 33.2. The van der Waals surface area contributed by atoms with Gasteiger partial charge in [0.1, 0.15) is 27.8 Å². The normalized spacial score (nSPS) is 19.9. The van der Waals surface area contributed by atoms with E-state index in [0.29, 0.717) is 17.9 Å².